The zero-order chi connectivity index (χ0) is 13.7. The van der Waals surface area contributed by atoms with Crippen LogP contribution in [0.1, 0.15) is 23.3 Å². The van der Waals surface area contributed by atoms with E-state index >= 15 is 0 Å². The average molecular weight is 254 g/mol. The van der Waals surface area contributed by atoms with Gasteiger partial charge in [-0.15, -0.1) is 0 Å². The molecule has 0 aromatic carbocycles. The number of amides is 2. The van der Waals surface area contributed by atoms with Crippen molar-refractivity contribution in [1.82, 2.24) is 14.9 Å². The van der Waals surface area contributed by atoms with Crippen molar-refractivity contribution in [3.8, 4) is 0 Å². The van der Waals surface area contributed by atoms with Crippen molar-refractivity contribution < 1.29 is 19.5 Å². The minimum atomic E-state index is -1.22. The molecule has 8 nitrogen and oxygen atoms in total. The van der Waals surface area contributed by atoms with Gasteiger partial charge in [0.2, 0.25) is 5.91 Å². The van der Waals surface area contributed by atoms with Crippen molar-refractivity contribution in [1.29, 1.82) is 0 Å². The molecular formula is C10H14N4O4. The number of carboxylic acids is 1. The summed E-state index contributed by atoms with van der Waals surface area (Å²) in [5, 5.41) is 11.2. The van der Waals surface area contributed by atoms with Gasteiger partial charge in [0, 0.05) is 13.5 Å². The molecule has 1 atom stereocenters. The fourth-order valence-corrected chi connectivity index (χ4v) is 1.35. The predicted molar refractivity (Wildman–Crippen MR) is 60.5 cm³/mol. The van der Waals surface area contributed by atoms with E-state index in [4.69, 9.17) is 10.8 Å². The third kappa shape index (κ3) is 3.58. The summed E-state index contributed by atoms with van der Waals surface area (Å²) in [5.74, 6) is -2.39. The molecule has 1 rings (SSSR count). The third-order valence-corrected chi connectivity index (χ3v) is 2.33. The molecule has 1 aromatic heterocycles. The molecule has 0 aliphatic heterocycles. The molecule has 0 saturated heterocycles. The molecule has 18 heavy (non-hydrogen) atoms. The van der Waals surface area contributed by atoms with Crippen LogP contribution in [0.4, 0.5) is 0 Å². The van der Waals surface area contributed by atoms with Gasteiger partial charge in [-0.1, -0.05) is 0 Å². The minimum absolute atomic E-state index is 0.0474. The molecule has 0 spiro atoms. The lowest BCUT2D eigenvalue weighted by molar-refractivity contribution is -0.139. The average Bonchev–Trinajstić information content (AvgIpc) is 2.69. The van der Waals surface area contributed by atoms with Crippen LogP contribution in [0.5, 0.6) is 0 Å². The number of nitrogens with one attached hydrogen (secondary N) is 1. The highest BCUT2D eigenvalue weighted by molar-refractivity contribution is 5.95. The number of nitrogens with zero attached hydrogens (tertiary/aromatic N) is 2. The van der Waals surface area contributed by atoms with Gasteiger partial charge in [-0.05, 0) is 6.42 Å². The Bertz CT molecular complexity index is 468. The van der Waals surface area contributed by atoms with Crippen LogP contribution in [-0.4, -0.2) is 38.5 Å². The normalized spacial score (nSPS) is 11.8. The summed E-state index contributed by atoms with van der Waals surface area (Å²) < 4.78 is 1.46. The maximum Gasteiger partial charge on any atom is 0.326 e. The van der Waals surface area contributed by atoms with Crippen LogP contribution in [0.3, 0.4) is 0 Å². The summed E-state index contributed by atoms with van der Waals surface area (Å²) in [6.07, 6.45) is 2.59. The number of aryl methyl sites for hydroxylation is 1. The van der Waals surface area contributed by atoms with Crippen LogP contribution in [0, 0.1) is 0 Å². The van der Waals surface area contributed by atoms with Gasteiger partial charge in [0.1, 0.15) is 11.7 Å². The van der Waals surface area contributed by atoms with Crippen LogP contribution in [0.25, 0.3) is 0 Å². The molecule has 2 amide bonds. The minimum Gasteiger partial charge on any atom is -0.480 e. The Balaban J connectivity index is 2.67. The number of hydrogen-bond donors (Lipinski definition) is 3. The lowest BCUT2D eigenvalue weighted by Gasteiger charge is -2.13. The summed E-state index contributed by atoms with van der Waals surface area (Å²) in [6.45, 7) is 0. The largest absolute Gasteiger partial charge is 0.480 e. The number of carboxylic acid groups (broad SMARTS) is 1. The number of primary amides is 1. The molecule has 0 fully saturated rings. The van der Waals surface area contributed by atoms with E-state index in [-0.39, 0.29) is 18.5 Å². The fraction of sp³-hybridized carbons (Fsp3) is 0.400. The van der Waals surface area contributed by atoms with Crippen molar-refractivity contribution in [3.63, 3.8) is 0 Å². The lowest BCUT2D eigenvalue weighted by atomic mass is 10.1. The summed E-state index contributed by atoms with van der Waals surface area (Å²) in [5.41, 5.74) is 5.17. The van der Waals surface area contributed by atoms with Crippen LogP contribution in [0.2, 0.25) is 0 Å². The van der Waals surface area contributed by atoms with E-state index in [9.17, 15) is 14.4 Å². The Kier molecular flexibility index (Phi) is 4.41. The highest BCUT2D eigenvalue weighted by Gasteiger charge is 2.22. The number of aromatic nitrogens is 2. The van der Waals surface area contributed by atoms with Crippen molar-refractivity contribution in [2.75, 3.05) is 0 Å². The second-order valence-corrected chi connectivity index (χ2v) is 3.76. The van der Waals surface area contributed by atoms with E-state index in [1.54, 1.807) is 7.05 Å². The van der Waals surface area contributed by atoms with Crippen molar-refractivity contribution in [2.24, 2.45) is 12.8 Å². The van der Waals surface area contributed by atoms with Crippen LogP contribution >= 0.6 is 0 Å². The first-order chi connectivity index (χ1) is 8.41. The molecule has 0 bridgehead atoms. The third-order valence-electron chi connectivity index (χ3n) is 2.33. The summed E-state index contributed by atoms with van der Waals surface area (Å²) in [6, 6.07) is -1.15. The summed E-state index contributed by atoms with van der Waals surface area (Å²) in [4.78, 5) is 37.0. The molecule has 0 unspecified atom stereocenters. The lowest BCUT2D eigenvalue weighted by Crippen LogP contribution is -2.41. The molecule has 0 aliphatic carbocycles. The van der Waals surface area contributed by atoms with Gasteiger partial charge in [0.25, 0.3) is 5.91 Å². The molecule has 1 aromatic rings. The van der Waals surface area contributed by atoms with Crippen molar-refractivity contribution in [3.05, 3.63) is 18.2 Å². The van der Waals surface area contributed by atoms with Gasteiger partial charge in [-0.2, -0.15) is 0 Å². The Morgan fingerprint density at radius 1 is 1.56 bits per heavy atom. The monoisotopic (exact) mass is 254 g/mol. The molecule has 0 saturated carbocycles. The number of rotatable bonds is 6. The molecule has 0 aliphatic rings. The van der Waals surface area contributed by atoms with E-state index in [1.165, 1.54) is 17.1 Å². The molecule has 1 heterocycles. The van der Waals surface area contributed by atoms with Crippen LogP contribution in [0.15, 0.2) is 12.5 Å². The standard InChI is InChI=1S/C10H14N4O4/c1-14-5-12-4-7(14)9(16)13-6(10(17)18)2-3-8(11)15/h4-6H,2-3H2,1H3,(H2,11,15)(H,13,16)(H,17,18)/t6-/m1/s1. The smallest absolute Gasteiger partial charge is 0.326 e. The fourth-order valence-electron chi connectivity index (χ4n) is 1.35. The first kappa shape index (κ1) is 13.7. The van der Waals surface area contributed by atoms with E-state index in [0.717, 1.165) is 0 Å². The summed E-state index contributed by atoms with van der Waals surface area (Å²) in [7, 11) is 1.61. The Morgan fingerprint density at radius 2 is 2.22 bits per heavy atom. The quantitative estimate of drug-likeness (QED) is 0.591. The highest BCUT2D eigenvalue weighted by atomic mass is 16.4. The topological polar surface area (TPSA) is 127 Å². The van der Waals surface area contributed by atoms with Crippen LogP contribution in [-0.2, 0) is 16.6 Å². The van der Waals surface area contributed by atoms with E-state index in [1.807, 2.05) is 0 Å². The van der Waals surface area contributed by atoms with Gasteiger partial charge >= 0.3 is 5.97 Å². The van der Waals surface area contributed by atoms with Gasteiger partial charge in [-0.25, -0.2) is 9.78 Å². The Labute approximate surface area is 103 Å². The SMILES string of the molecule is Cn1cncc1C(=O)N[C@H](CCC(N)=O)C(=O)O. The Morgan fingerprint density at radius 3 is 2.67 bits per heavy atom. The maximum absolute atomic E-state index is 11.7. The molecule has 4 N–H and O–H groups in total. The number of hydrogen-bond acceptors (Lipinski definition) is 4. The first-order valence-electron chi connectivity index (χ1n) is 5.20. The first-order valence-corrected chi connectivity index (χ1v) is 5.20. The van der Waals surface area contributed by atoms with Crippen LogP contribution < -0.4 is 11.1 Å². The number of aliphatic carboxylic acids is 1. The van der Waals surface area contributed by atoms with Gasteiger partial charge in [0.05, 0.1) is 12.5 Å². The zero-order valence-electron chi connectivity index (χ0n) is 9.79. The number of carbonyl (C=O) groups is 3. The van der Waals surface area contributed by atoms with E-state index in [0.29, 0.717) is 0 Å². The molecular weight excluding hydrogens is 240 g/mol. The number of carbonyl (C=O) groups excluding carboxylic acids is 2. The van der Waals surface area contributed by atoms with Crippen molar-refractivity contribution >= 4 is 17.8 Å². The maximum atomic E-state index is 11.7. The van der Waals surface area contributed by atoms with Gasteiger partial charge in [0.15, 0.2) is 0 Å². The molecule has 8 heteroatoms. The summed E-state index contributed by atoms with van der Waals surface area (Å²) >= 11 is 0. The number of nitrogens with two attached hydrogens (primary N) is 1. The second-order valence-electron chi connectivity index (χ2n) is 3.76. The van der Waals surface area contributed by atoms with Gasteiger partial charge in [-0.3, -0.25) is 9.59 Å². The Hall–Kier alpha value is -2.38. The predicted octanol–water partition coefficient (Wildman–Crippen LogP) is -1.13. The zero-order valence-corrected chi connectivity index (χ0v) is 9.79. The second kappa shape index (κ2) is 5.80. The molecule has 0 radical (unpaired) electrons. The highest BCUT2D eigenvalue weighted by Crippen LogP contribution is 2.01. The number of imidazole rings is 1. The van der Waals surface area contributed by atoms with Crippen molar-refractivity contribution in [2.45, 2.75) is 18.9 Å². The molecule has 98 valence electrons. The van der Waals surface area contributed by atoms with E-state index < -0.39 is 23.8 Å². The van der Waals surface area contributed by atoms with E-state index in [2.05, 4.69) is 10.3 Å². The van der Waals surface area contributed by atoms with Gasteiger partial charge < -0.3 is 20.7 Å².